The lowest BCUT2D eigenvalue weighted by Crippen LogP contribution is -2.21. The molecule has 0 heterocycles. The predicted molar refractivity (Wildman–Crippen MR) is 78.5 cm³/mol. The van der Waals surface area contributed by atoms with Crippen molar-refractivity contribution in [2.45, 2.75) is 38.2 Å². The van der Waals surface area contributed by atoms with Crippen LogP contribution in [0.4, 0.5) is 5.69 Å². The van der Waals surface area contributed by atoms with Gasteiger partial charge in [0.1, 0.15) is 6.10 Å². The zero-order valence-electron chi connectivity index (χ0n) is 9.92. The molecule has 18 heavy (non-hydrogen) atoms. The number of carbonyl (C=O) groups excluding carboxylic acids is 1. The Bertz CT molecular complexity index is 457. The van der Waals surface area contributed by atoms with Gasteiger partial charge in [0.05, 0.1) is 11.3 Å². The molecule has 0 atom stereocenters. The molecule has 5 heteroatoms. The molecule has 1 aliphatic rings. The van der Waals surface area contributed by atoms with Gasteiger partial charge in [-0.3, -0.25) is 0 Å². The van der Waals surface area contributed by atoms with Crippen molar-refractivity contribution < 1.29 is 9.53 Å². The zero-order valence-corrected chi connectivity index (χ0v) is 13.1. The molecule has 0 aromatic heterocycles. The summed E-state index contributed by atoms with van der Waals surface area (Å²) in [5.41, 5.74) is 6.74. The van der Waals surface area contributed by atoms with Crippen LogP contribution in [-0.2, 0) is 4.74 Å². The topological polar surface area (TPSA) is 52.3 Å². The molecular weight excluding hydrogens is 362 g/mol. The van der Waals surface area contributed by atoms with Gasteiger partial charge in [0, 0.05) is 8.95 Å². The Kier molecular flexibility index (Phi) is 4.67. The van der Waals surface area contributed by atoms with Crippen LogP contribution in [0.5, 0.6) is 0 Å². The summed E-state index contributed by atoms with van der Waals surface area (Å²) in [6.07, 6.45) is 5.47. The Morgan fingerprint density at radius 2 is 1.89 bits per heavy atom. The highest BCUT2D eigenvalue weighted by Gasteiger charge is 2.21. The average Bonchev–Trinajstić information content (AvgIpc) is 2.35. The predicted octanol–water partition coefficient (Wildman–Crippen LogP) is 4.28. The van der Waals surface area contributed by atoms with E-state index in [1.165, 1.54) is 6.42 Å². The first-order valence-electron chi connectivity index (χ1n) is 6.03. The molecule has 1 aliphatic carbocycles. The molecule has 1 fully saturated rings. The van der Waals surface area contributed by atoms with E-state index >= 15 is 0 Å². The number of rotatable bonds is 2. The van der Waals surface area contributed by atoms with Gasteiger partial charge in [0.25, 0.3) is 0 Å². The number of nitrogens with two attached hydrogens (primary N) is 1. The number of benzene rings is 1. The lowest BCUT2D eigenvalue weighted by atomic mass is 9.98. The van der Waals surface area contributed by atoms with Crippen molar-refractivity contribution in [2.75, 3.05) is 5.73 Å². The molecule has 0 aliphatic heterocycles. The Morgan fingerprint density at radius 1 is 1.22 bits per heavy atom. The number of hydrogen-bond donors (Lipinski definition) is 1. The van der Waals surface area contributed by atoms with Crippen molar-refractivity contribution in [3.63, 3.8) is 0 Å². The highest BCUT2D eigenvalue weighted by atomic mass is 79.9. The van der Waals surface area contributed by atoms with Crippen LogP contribution in [0, 0.1) is 0 Å². The number of hydrogen-bond acceptors (Lipinski definition) is 3. The SMILES string of the molecule is Nc1c(Br)cc(Br)cc1C(=O)OC1CCCCC1. The standard InChI is InChI=1S/C13H15Br2NO2/c14-8-6-10(12(16)11(15)7-8)13(17)18-9-4-2-1-3-5-9/h6-7,9H,1-5,16H2. The maximum atomic E-state index is 12.1. The summed E-state index contributed by atoms with van der Waals surface area (Å²) in [6.45, 7) is 0. The summed E-state index contributed by atoms with van der Waals surface area (Å²) in [6, 6.07) is 3.51. The molecular formula is C13H15Br2NO2. The molecule has 98 valence electrons. The molecule has 0 saturated heterocycles. The molecule has 0 bridgehead atoms. The Balaban J connectivity index is 2.13. The molecule has 0 amide bonds. The fraction of sp³-hybridized carbons (Fsp3) is 0.462. The quantitative estimate of drug-likeness (QED) is 0.618. The smallest absolute Gasteiger partial charge is 0.340 e. The molecule has 0 spiro atoms. The van der Waals surface area contributed by atoms with E-state index in [9.17, 15) is 4.79 Å². The molecule has 1 aromatic rings. The molecule has 1 aromatic carbocycles. The Labute approximate surface area is 123 Å². The lowest BCUT2D eigenvalue weighted by molar-refractivity contribution is 0.0212. The molecule has 3 nitrogen and oxygen atoms in total. The third-order valence-corrected chi connectivity index (χ3v) is 4.25. The minimum absolute atomic E-state index is 0.0448. The van der Waals surface area contributed by atoms with Crippen LogP contribution in [0.2, 0.25) is 0 Å². The van der Waals surface area contributed by atoms with Crippen molar-refractivity contribution in [1.82, 2.24) is 0 Å². The summed E-state index contributed by atoms with van der Waals surface area (Å²) < 4.78 is 7.01. The second-order valence-corrected chi connectivity index (χ2v) is 6.28. The van der Waals surface area contributed by atoms with Gasteiger partial charge < -0.3 is 10.5 Å². The molecule has 2 N–H and O–H groups in total. The largest absolute Gasteiger partial charge is 0.459 e. The number of anilines is 1. The first-order valence-corrected chi connectivity index (χ1v) is 7.62. The molecule has 2 rings (SSSR count). The van der Waals surface area contributed by atoms with Gasteiger partial charge in [-0.25, -0.2) is 4.79 Å². The number of halogens is 2. The third kappa shape index (κ3) is 3.26. The van der Waals surface area contributed by atoms with Crippen LogP contribution < -0.4 is 5.73 Å². The highest BCUT2D eigenvalue weighted by molar-refractivity contribution is 9.11. The van der Waals surface area contributed by atoms with E-state index in [1.807, 2.05) is 6.07 Å². The minimum Gasteiger partial charge on any atom is -0.459 e. The van der Waals surface area contributed by atoms with E-state index in [4.69, 9.17) is 10.5 Å². The molecule has 1 saturated carbocycles. The van der Waals surface area contributed by atoms with Crippen LogP contribution in [0.25, 0.3) is 0 Å². The molecule has 0 unspecified atom stereocenters. The van der Waals surface area contributed by atoms with Crippen molar-refractivity contribution >= 4 is 43.5 Å². The van der Waals surface area contributed by atoms with Crippen molar-refractivity contribution in [1.29, 1.82) is 0 Å². The monoisotopic (exact) mass is 375 g/mol. The van der Waals surface area contributed by atoms with Gasteiger partial charge >= 0.3 is 5.97 Å². The van der Waals surface area contributed by atoms with Crippen molar-refractivity contribution in [3.05, 3.63) is 26.6 Å². The van der Waals surface area contributed by atoms with Crippen LogP contribution in [-0.4, -0.2) is 12.1 Å². The zero-order chi connectivity index (χ0) is 13.1. The fourth-order valence-corrected chi connectivity index (χ4v) is 3.38. The van der Waals surface area contributed by atoms with E-state index in [1.54, 1.807) is 6.07 Å². The normalized spacial score (nSPS) is 16.6. The van der Waals surface area contributed by atoms with Gasteiger partial charge in [-0.15, -0.1) is 0 Å². The average molecular weight is 377 g/mol. The maximum Gasteiger partial charge on any atom is 0.340 e. The van der Waals surface area contributed by atoms with E-state index in [0.717, 1.165) is 30.2 Å². The lowest BCUT2D eigenvalue weighted by Gasteiger charge is -2.22. The summed E-state index contributed by atoms with van der Waals surface area (Å²) in [5, 5.41) is 0. The number of carbonyl (C=O) groups is 1. The molecule has 0 radical (unpaired) electrons. The van der Waals surface area contributed by atoms with Crippen LogP contribution in [0.1, 0.15) is 42.5 Å². The number of nitrogen functional groups attached to an aromatic ring is 1. The van der Waals surface area contributed by atoms with E-state index in [-0.39, 0.29) is 12.1 Å². The first kappa shape index (κ1) is 13.9. The van der Waals surface area contributed by atoms with Crippen molar-refractivity contribution in [2.24, 2.45) is 0 Å². The first-order chi connectivity index (χ1) is 8.58. The maximum absolute atomic E-state index is 12.1. The van der Waals surface area contributed by atoms with Crippen LogP contribution in [0.3, 0.4) is 0 Å². The van der Waals surface area contributed by atoms with E-state index < -0.39 is 0 Å². The van der Waals surface area contributed by atoms with Crippen LogP contribution in [0.15, 0.2) is 21.1 Å². The number of esters is 1. The number of ether oxygens (including phenoxy) is 1. The highest BCUT2D eigenvalue weighted by Crippen LogP contribution is 2.30. The van der Waals surface area contributed by atoms with Crippen molar-refractivity contribution in [3.8, 4) is 0 Å². The van der Waals surface area contributed by atoms with Crippen LogP contribution >= 0.6 is 31.9 Å². The van der Waals surface area contributed by atoms with E-state index in [0.29, 0.717) is 15.7 Å². The minimum atomic E-state index is -0.332. The third-order valence-electron chi connectivity index (χ3n) is 3.14. The van der Waals surface area contributed by atoms with Gasteiger partial charge in [-0.05, 0) is 53.7 Å². The second kappa shape index (κ2) is 6.06. The summed E-state index contributed by atoms with van der Waals surface area (Å²) in [7, 11) is 0. The van der Waals surface area contributed by atoms with Gasteiger partial charge in [-0.1, -0.05) is 22.4 Å². The van der Waals surface area contributed by atoms with Gasteiger partial charge in [-0.2, -0.15) is 0 Å². The summed E-state index contributed by atoms with van der Waals surface area (Å²) in [4.78, 5) is 12.1. The summed E-state index contributed by atoms with van der Waals surface area (Å²) >= 11 is 6.67. The Hall–Kier alpha value is -0.550. The van der Waals surface area contributed by atoms with E-state index in [2.05, 4.69) is 31.9 Å². The Morgan fingerprint density at radius 3 is 2.56 bits per heavy atom. The fourth-order valence-electron chi connectivity index (χ4n) is 2.15. The summed E-state index contributed by atoms with van der Waals surface area (Å²) in [5.74, 6) is -0.332. The van der Waals surface area contributed by atoms with Gasteiger partial charge in [0.15, 0.2) is 0 Å². The second-order valence-electron chi connectivity index (χ2n) is 4.51. The van der Waals surface area contributed by atoms with Gasteiger partial charge in [0.2, 0.25) is 0 Å².